The Kier molecular flexibility index (Phi) is 6.52. The van der Waals surface area contributed by atoms with Gasteiger partial charge in [-0.15, -0.1) is 0 Å². The van der Waals surface area contributed by atoms with E-state index in [2.05, 4.69) is 15.5 Å². The number of hydrogen-bond acceptors (Lipinski definition) is 6. The van der Waals surface area contributed by atoms with Crippen molar-refractivity contribution in [2.24, 2.45) is 11.8 Å². The maximum absolute atomic E-state index is 12.2. The average Bonchev–Trinajstić information content (AvgIpc) is 2.80. The van der Waals surface area contributed by atoms with Crippen molar-refractivity contribution in [2.75, 3.05) is 6.54 Å². The Labute approximate surface area is 131 Å². The van der Waals surface area contributed by atoms with E-state index in [1.54, 1.807) is 0 Å². The molecular formula is C14H25N3O4S. The Morgan fingerprint density at radius 1 is 1.18 bits per heavy atom. The lowest BCUT2D eigenvalue weighted by Gasteiger charge is -2.13. The third kappa shape index (κ3) is 5.75. The van der Waals surface area contributed by atoms with Gasteiger partial charge in [-0.1, -0.05) is 32.9 Å². The molecule has 1 amide bonds. The van der Waals surface area contributed by atoms with Crippen molar-refractivity contribution in [1.29, 1.82) is 0 Å². The summed E-state index contributed by atoms with van der Waals surface area (Å²) in [5, 5.41) is 5.16. The standard InChI is InChI=1S/C14H25N3O4S/c1-9(2)6-13-16-12(17-21-13)8-22(19,20)11(5)14(18)15-7-10(3)4/h9-11H,6-8H2,1-5H3,(H,15,18)/t11-/m1/s1. The van der Waals surface area contributed by atoms with E-state index in [0.29, 0.717) is 24.8 Å². The summed E-state index contributed by atoms with van der Waals surface area (Å²) in [6, 6.07) is 0. The lowest BCUT2D eigenvalue weighted by Crippen LogP contribution is -2.40. The number of sulfone groups is 1. The largest absolute Gasteiger partial charge is 0.355 e. The lowest BCUT2D eigenvalue weighted by atomic mass is 10.1. The van der Waals surface area contributed by atoms with E-state index in [0.717, 1.165) is 0 Å². The zero-order chi connectivity index (χ0) is 16.9. The first-order valence-corrected chi connectivity index (χ1v) is 9.14. The molecular weight excluding hydrogens is 306 g/mol. The van der Waals surface area contributed by atoms with Crippen LogP contribution in [0.1, 0.15) is 46.3 Å². The topological polar surface area (TPSA) is 102 Å². The monoisotopic (exact) mass is 331 g/mol. The molecule has 0 unspecified atom stereocenters. The molecule has 7 nitrogen and oxygen atoms in total. The van der Waals surface area contributed by atoms with Gasteiger partial charge in [0.1, 0.15) is 11.0 Å². The summed E-state index contributed by atoms with van der Waals surface area (Å²) in [7, 11) is -3.67. The minimum absolute atomic E-state index is 0.0964. The number of aromatic nitrogens is 2. The summed E-state index contributed by atoms with van der Waals surface area (Å²) < 4.78 is 29.5. The molecule has 0 aliphatic rings. The molecule has 0 fully saturated rings. The third-order valence-corrected chi connectivity index (χ3v) is 4.97. The fourth-order valence-electron chi connectivity index (χ4n) is 1.70. The Morgan fingerprint density at radius 3 is 2.36 bits per heavy atom. The molecule has 0 aliphatic carbocycles. The minimum Gasteiger partial charge on any atom is -0.355 e. The quantitative estimate of drug-likeness (QED) is 0.771. The number of hydrogen-bond donors (Lipinski definition) is 1. The van der Waals surface area contributed by atoms with Crippen LogP contribution in [0.15, 0.2) is 4.52 Å². The van der Waals surface area contributed by atoms with Crippen LogP contribution in [0.2, 0.25) is 0 Å². The normalized spacial score (nSPS) is 13.6. The molecule has 0 bridgehead atoms. The summed E-state index contributed by atoms with van der Waals surface area (Å²) in [5.74, 6) is 0.210. The van der Waals surface area contributed by atoms with Gasteiger partial charge in [0.05, 0.1) is 0 Å². The first kappa shape index (κ1) is 18.6. The second kappa shape index (κ2) is 7.71. The van der Waals surface area contributed by atoms with Gasteiger partial charge in [0.25, 0.3) is 0 Å². The van der Waals surface area contributed by atoms with Gasteiger partial charge in [0.2, 0.25) is 11.8 Å². The fraction of sp³-hybridized carbons (Fsp3) is 0.786. The van der Waals surface area contributed by atoms with E-state index in [-0.39, 0.29) is 11.7 Å². The molecule has 1 aromatic heterocycles. The Balaban J connectivity index is 2.69. The molecule has 0 radical (unpaired) electrons. The molecule has 1 aromatic rings. The van der Waals surface area contributed by atoms with Gasteiger partial charge in [-0.3, -0.25) is 4.79 Å². The van der Waals surface area contributed by atoms with Crippen LogP contribution in [0.25, 0.3) is 0 Å². The van der Waals surface area contributed by atoms with Crippen molar-refractivity contribution in [2.45, 2.75) is 52.0 Å². The van der Waals surface area contributed by atoms with E-state index in [1.807, 2.05) is 27.7 Å². The molecule has 22 heavy (non-hydrogen) atoms. The zero-order valence-electron chi connectivity index (χ0n) is 13.8. The van der Waals surface area contributed by atoms with Crippen molar-refractivity contribution < 1.29 is 17.7 Å². The first-order valence-electron chi connectivity index (χ1n) is 7.42. The number of nitrogens with one attached hydrogen (secondary N) is 1. The van der Waals surface area contributed by atoms with Crippen molar-refractivity contribution in [1.82, 2.24) is 15.5 Å². The summed E-state index contributed by atoms with van der Waals surface area (Å²) in [6.07, 6.45) is 0.595. The van der Waals surface area contributed by atoms with E-state index in [4.69, 9.17) is 4.52 Å². The van der Waals surface area contributed by atoms with Crippen LogP contribution in [0, 0.1) is 11.8 Å². The maximum Gasteiger partial charge on any atom is 0.238 e. The Morgan fingerprint density at radius 2 is 1.82 bits per heavy atom. The van der Waals surface area contributed by atoms with Crippen molar-refractivity contribution in [3.63, 3.8) is 0 Å². The van der Waals surface area contributed by atoms with Gasteiger partial charge in [0.15, 0.2) is 15.7 Å². The number of nitrogens with zero attached hydrogens (tertiary/aromatic N) is 2. The van der Waals surface area contributed by atoms with Gasteiger partial charge in [-0.05, 0) is 18.8 Å². The van der Waals surface area contributed by atoms with Crippen LogP contribution in [-0.4, -0.2) is 36.3 Å². The lowest BCUT2D eigenvalue weighted by molar-refractivity contribution is -0.120. The highest BCUT2D eigenvalue weighted by atomic mass is 32.2. The average molecular weight is 331 g/mol. The summed E-state index contributed by atoms with van der Waals surface area (Å²) in [5.41, 5.74) is 0. The van der Waals surface area contributed by atoms with Gasteiger partial charge in [0, 0.05) is 13.0 Å². The van der Waals surface area contributed by atoms with Crippen LogP contribution in [0.3, 0.4) is 0 Å². The zero-order valence-corrected chi connectivity index (χ0v) is 14.6. The van der Waals surface area contributed by atoms with Crippen LogP contribution in [0.5, 0.6) is 0 Å². The number of rotatable bonds is 8. The van der Waals surface area contributed by atoms with Gasteiger partial charge >= 0.3 is 0 Å². The first-order chi connectivity index (χ1) is 10.1. The molecule has 126 valence electrons. The van der Waals surface area contributed by atoms with Crippen molar-refractivity contribution >= 4 is 15.7 Å². The van der Waals surface area contributed by atoms with Crippen molar-refractivity contribution in [3.8, 4) is 0 Å². The highest BCUT2D eigenvalue weighted by Crippen LogP contribution is 2.11. The van der Waals surface area contributed by atoms with Crippen molar-refractivity contribution in [3.05, 3.63) is 11.7 Å². The SMILES string of the molecule is CC(C)CNC(=O)[C@@H](C)S(=O)(=O)Cc1noc(CC(C)C)n1. The summed E-state index contributed by atoms with van der Waals surface area (Å²) in [6.45, 7) is 9.70. The Bertz CT molecular complexity index is 593. The van der Waals surface area contributed by atoms with Crippen LogP contribution in [0.4, 0.5) is 0 Å². The predicted molar refractivity (Wildman–Crippen MR) is 82.8 cm³/mol. The summed E-state index contributed by atoms with van der Waals surface area (Å²) >= 11 is 0. The number of carbonyl (C=O) groups excluding carboxylic acids is 1. The molecule has 8 heteroatoms. The Hall–Kier alpha value is -1.44. The molecule has 1 heterocycles. The second-order valence-electron chi connectivity index (χ2n) is 6.29. The highest BCUT2D eigenvalue weighted by Gasteiger charge is 2.29. The van der Waals surface area contributed by atoms with E-state index in [9.17, 15) is 13.2 Å². The van der Waals surface area contributed by atoms with Crippen LogP contribution >= 0.6 is 0 Å². The smallest absolute Gasteiger partial charge is 0.238 e. The van der Waals surface area contributed by atoms with Gasteiger partial charge in [-0.2, -0.15) is 4.98 Å². The molecule has 0 spiro atoms. The fourth-order valence-corrected chi connectivity index (χ4v) is 2.83. The molecule has 0 saturated heterocycles. The van der Waals surface area contributed by atoms with Gasteiger partial charge < -0.3 is 9.84 Å². The molecule has 0 aromatic carbocycles. The predicted octanol–water partition coefficient (Wildman–Crippen LogP) is 1.34. The van der Waals surface area contributed by atoms with Crippen LogP contribution in [-0.2, 0) is 26.8 Å². The second-order valence-corrected chi connectivity index (χ2v) is 8.61. The molecule has 1 rings (SSSR count). The van der Waals surface area contributed by atoms with E-state index >= 15 is 0 Å². The highest BCUT2D eigenvalue weighted by molar-refractivity contribution is 7.92. The molecule has 0 aliphatic heterocycles. The third-order valence-electron chi connectivity index (χ3n) is 3.02. The molecule has 1 atom stereocenters. The maximum atomic E-state index is 12.2. The molecule has 0 saturated carbocycles. The van der Waals surface area contributed by atoms with E-state index in [1.165, 1.54) is 6.92 Å². The number of amides is 1. The van der Waals surface area contributed by atoms with Crippen LogP contribution < -0.4 is 5.32 Å². The van der Waals surface area contributed by atoms with E-state index < -0.39 is 26.7 Å². The minimum atomic E-state index is -3.67. The molecule has 1 N–H and O–H groups in total. The number of carbonyl (C=O) groups is 1. The van der Waals surface area contributed by atoms with Gasteiger partial charge in [-0.25, -0.2) is 8.42 Å². The summed E-state index contributed by atoms with van der Waals surface area (Å²) in [4.78, 5) is 15.9.